The Balaban J connectivity index is 1.90. The highest BCUT2D eigenvalue weighted by Crippen LogP contribution is 2.44. The molecule has 0 aliphatic heterocycles. The number of hydrogen-bond donors (Lipinski definition) is 3. The first-order valence-electron chi connectivity index (χ1n) is 16.6. The van der Waals surface area contributed by atoms with E-state index in [9.17, 15) is 24.3 Å². The number of esters is 1. The molecule has 7 atom stereocenters. The van der Waals surface area contributed by atoms with Gasteiger partial charge in [-0.05, 0) is 69.4 Å². The summed E-state index contributed by atoms with van der Waals surface area (Å²) in [5.41, 5.74) is 6.18. The molecule has 10 heteroatoms. The molecule has 1 fully saturated rings. The molecular formula is C36H54N4O6+2. The van der Waals surface area contributed by atoms with Crippen molar-refractivity contribution in [3.63, 3.8) is 0 Å². The standard InChI is InChI=1S/C36H52N4O6/c1-6-26(33(37)41)21-32(35(43)44)31-22-30(38-34(42)27-14-10-8-11-15-27)20-28(31)19-29(18-25(3)23-40(4,5)7-2)36(45)46-24-39-16-12-9-13-17-39/h8-17,25-26,28-32H,6-7,18-24H2,1-5H3,(H2-2,37,38,41,42,43,44)/p+2. The van der Waals surface area contributed by atoms with E-state index < -0.39 is 29.6 Å². The fraction of sp³-hybridized carbons (Fsp3) is 0.583. The van der Waals surface area contributed by atoms with E-state index in [1.165, 1.54) is 0 Å². The Hall–Kier alpha value is -3.79. The van der Waals surface area contributed by atoms with E-state index in [2.05, 4.69) is 33.3 Å². The minimum absolute atomic E-state index is 0.0828. The Labute approximate surface area is 273 Å². The van der Waals surface area contributed by atoms with Crippen molar-refractivity contribution in [2.45, 2.75) is 72.1 Å². The van der Waals surface area contributed by atoms with Gasteiger partial charge in [0.1, 0.15) is 0 Å². The van der Waals surface area contributed by atoms with Crippen LogP contribution >= 0.6 is 0 Å². The fourth-order valence-corrected chi connectivity index (χ4v) is 7.11. The molecule has 0 radical (unpaired) electrons. The lowest BCUT2D eigenvalue weighted by Crippen LogP contribution is -2.43. The second kappa shape index (κ2) is 17.2. The third-order valence-electron chi connectivity index (χ3n) is 9.79. The first-order valence-corrected chi connectivity index (χ1v) is 16.6. The molecule has 4 N–H and O–H groups in total. The Kier molecular flexibility index (Phi) is 13.7. The van der Waals surface area contributed by atoms with Gasteiger partial charge in [0.05, 0.1) is 39.0 Å². The number of nitrogens with one attached hydrogen (secondary N) is 1. The van der Waals surface area contributed by atoms with Crippen LogP contribution in [0.2, 0.25) is 0 Å². The second-order valence-corrected chi connectivity index (χ2v) is 13.8. The Bertz CT molecular complexity index is 1290. The van der Waals surface area contributed by atoms with E-state index in [1.807, 2.05) is 43.6 Å². The van der Waals surface area contributed by atoms with E-state index >= 15 is 0 Å². The van der Waals surface area contributed by atoms with E-state index in [0.717, 1.165) is 17.6 Å². The number of carboxylic acid groups (broad SMARTS) is 1. The molecule has 2 amide bonds. The van der Waals surface area contributed by atoms with Crippen molar-refractivity contribution in [2.75, 3.05) is 27.2 Å². The number of amides is 2. The van der Waals surface area contributed by atoms with Crippen LogP contribution in [-0.2, 0) is 25.9 Å². The lowest BCUT2D eigenvalue weighted by atomic mass is 9.74. The van der Waals surface area contributed by atoms with Crippen LogP contribution in [-0.4, -0.2) is 66.6 Å². The Morgan fingerprint density at radius 2 is 1.65 bits per heavy atom. The van der Waals surface area contributed by atoms with Gasteiger partial charge in [-0.1, -0.05) is 38.1 Å². The van der Waals surface area contributed by atoms with Gasteiger partial charge in [-0.25, -0.2) is 0 Å². The third kappa shape index (κ3) is 10.9. The first-order chi connectivity index (χ1) is 21.8. The number of carbonyl (C=O) groups excluding carboxylic acids is 3. The smallest absolute Gasteiger partial charge is 0.313 e. The minimum Gasteiger partial charge on any atom is -0.481 e. The van der Waals surface area contributed by atoms with Crippen LogP contribution in [0.3, 0.4) is 0 Å². The predicted molar refractivity (Wildman–Crippen MR) is 175 cm³/mol. The van der Waals surface area contributed by atoms with Crippen LogP contribution in [0.5, 0.6) is 0 Å². The van der Waals surface area contributed by atoms with Gasteiger partial charge in [-0.15, -0.1) is 0 Å². The van der Waals surface area contributed by atoms with Gasteiger partial charge >= 0.3 is 11.9 Å². The quantitative estimate of drug-likeness (QED) is 0.128. The maximum Gasteiger partial charge on any atom is 0.313 e. The summed E-state index contributed by atoms with van der Waals surface area (Å²) in [6.07, 6.45) is 6.23. The van der Waals surface area contributed by atoms with Crippen molar-refractivity contribution in [1.29, 1.82) is 0 Å². The number of aliphatic carboxylic acids is 1. The number of nitrogens with two attached hydrogens (primary N) is 1. The summed E-state index contributed by atoms with van der Waals surface area (Å²) >= 11 is 0. The fourth-order valence-electron chi connectivity index (χ4n) is 7.11. The molecule has 0 saturated heterocycles. The largest absolute Gasteiger partial charge is 0.481 e. The zero-order chi connectivity index (χ0) is 33.9. The zero-order valence-electron chi connectivity index (χ0n) is 28.1. The molecule has 46 heavy (non-hydrogen) atoms. The number of benzene rings is 1. The maximum absolute atomic E-state index is 13.8. The predicted octanol–water partition coefficient (Wildman–Crippen LogP) is 4.03. The van der Waals surface area contributed by atoms with Crippen molar-refractivity contribution in [2.24, 2.45) is 41.2 Å². The number of pyridine rings is 1. The van der Waals surface area contributed by atoms with Crippen molar-refractivity contribution >= 4 is 23.8 Å². The summed E-state index contributed by atoms with van der Waals surface area (Å²) in [5.74, 6) is -4.23. The van der Waals surface area contributed by atoms with Crippen LogP contribution < -0.4 is 15.6 Å². The molecule has 0 bridgehead atoms. The number of nitrogens with zero attached hydrogens (tertiary/aromatic N) is 2. The normalized spacial score (nSPS) is 20.7. The maximum atomic E-state index is 13.8. The molecule has 7 unspecified atom stereocenters. The van der Waals surface area contributed by atoms with E-state index in [1.54, 1.807) is 28.8 Å². The van der Waals surface area contributed by atoms with E-state index in [0.29, 0.717) is 37.7 Å². The van der Waals surface area contributed by atoms with Crippen LogP contribution in [0.25, 0.3) is 0 Å². The summed E-state index contributed by atoms with van der Waals surface area (Å²) in [5, 5.41) is 13.6. The van der Waals surface area contributed by atoms with Crippen LogP contribution in [0.4, 0.5) is 0 Å². The monoisotopic (exact) mass is 638 g/mol. The SMILES string of the molecule is CCC(CC(C(=O)O)C1CC(NC(=O)c2ccccc2)CC1CC(CC(C)C[N+](C)(C)CC)C(=O)OC[n+]1ccccc1)C(N)=O. The van der Waals surface area contributed by atoms with Gasteiger partial charge in [0.15, 0.2) is 12.4 Å². The molecule has 1 aliphatic rings. The van der Waals surface area contributed by atoms with E-state index in [4.69, 9.17) is 10.5 Å². The summed E-state index contributed by atoms with van der Waals surface area (Å²) in [6.45, 7) is 8.04. The summed E-state index contributed by atoms with van der Waals surface area (Å²) in [4.78, 5) is 51.8. The second-order valence-electron chi connectivity index (χ2n) is 13.8. The minimum atomic E-state index is -0.986. The van der Waals surface area contributed by atoms with Crippen LogP contribution in [0, 0.1) is 35.5 Å². The molecule has 10 nitrogen and oxygen atoms in total. The average Bonchev–Trinajstić information content (AvgIpc) is 3.41. The van der Waals surface area contributed by atoms with Gasteiger partial charge in [0, 0.05) is 35.6 Å². The van der Waals surface area contributed by atoms with Crippen molar-refractivity contribution < 1.29 is 38.1 Å². The van der Waals surface area contributed by atoms with Crippen molar-refractivity contribution in [1.82, 2.24) is 5.32 Å². The third-order valence-corrected chi connectivity index (χ3v) is 9.79. The summed E-state index contributed by atoms with van der Waals surface area (Å²) in [7, 11) is 4.34. The summed E-state index contributed by atoms with van der Waals surface area (Å²) in [6, 6.07) is 14.3. The first kappa shape index (κ1) is 36.7. The number of carbonyl (C=O) groups is 4. The molecule has 3 rings (SSSR count). The number of hydrogen-bond acceptors (Lipinski definition) is 5. The lowest BCUT2D eigenvalue weighted by molar-refractivity contribution is -0.891. The highest BCUT2D eigenvalue weighted by Gasteiger charge is 2.45. The zero-order valence-corrected chi connectivity index (χ0v) is 28.1. The summed E-state index contributed by atoms with van der Waals surface area (Å²) < 4.78 is 8.44. The van der Waals surface area contributed by atoms with Crippen molar-refractivity contribution in [3.8, 4) is 0 Å². The molecular weight excluding hydrogens is 584 g/mol. The van der Waals surface area contributed by atoms with Gasteiger partial charge in [0.25, 0.3) is 12.6 Å². The number of primary amides is 1. The molecule has 1 aromatic carbocycles. The van der Waals surface area contributed by atoms with Crippen LogP contribution in [0.15, 0.2) is 60.9 Å². The molecule has 1 aromatic heterocycles. The van der Waals surface area contributed by atoms with Gasteiger partial charge in [0.2, 0.25) is 5.91 Å². The molecule has 1 heterocycles. The highest BCUT2D eigenvalue weighted by atomic mass is 16.5. The molecule has 2 aromatic rings. The number of aromatic nitrogens is 1. The molecule has 252 valence electrons. The Morgan fingerprint density at radius 3 is 2.24 bits per heavy atom. The van der Waals surface area contributed by atoms with Gasteiger partial charge in [-0.3, -0.25) is 19.2 Å². The van der Waals surface area contributed by atoms with Crippen molar-refractivity contribution in [3.05, 3.63) is 66.5 Å². The average molecular weight is 639 g/mol. The number of ether oxygens (including phenoxy) is 1. The Morgan fingerprint density at radius 1 is 1.00 bits per heavy atom. The topological polar surface area (TPSA) is 140 Å². The number of quaternary nitrogens is 1. The van der Waals surface area contributed by atoms with Gasteiger partial charge < -0.3 is 25.4 Å². The molecule has 1 aliphatic carbocycles. The highest BCUT2D eigenvalue weighted by molar-refractivity contribution is 5.94. The number of rotatable bonds is 18. The van der Waals surface area contributed by atoms with Crippen LogP contribution in [0.1, 0.15) is 69.7 Å². The molecule has 0 spiro atoms. The molecule has 1 saturated carbocycles. The lowest BCUT2D eigenvalue weighted by Gasteiger charge is -2.33. The van der Waals surface area contributed by atoms with E-state index in [-0.39, 0.29) is 48.8 Å². The number of carboxylic acids is 1. The van der Waals surface area contributed by atoms with Gasteiger partial charge in [-0.2, -0.15) is 4.57 Å².